The number of thiophene rings is 1. The topological polar surface area (TPSA) is 99.5 Å². The number of amides is 1. The lowest BCUT2D eigenvalue weighted by atomic mass is 9.86. The third kappa shape index (κ3) is 4.11. The summed E-state index contributed by atoms with van der Waals surface area (Å²) in [7, 11) is 0. The first-order valence-corrected chi connectivity index (χ1v) is 13.5. The molecular weight excluding hydrogens is 484 g/mol. The van der Waals surface area contributed by atoms with Crippen LogP contribution in [0.3, 0.4) is 0 Å². The summed E-state index contributed by atoms with van der Waals surface area (Å²) in [6, 6.07) is 6.33. The monoisotopic (exact) mass is 510 g/mol. The highest BCUT2D eigenvalue weighted by molar-refractivity contribution is 7.19. The van der Waals surface area contributed by atoms with Crippen molar-refractivity contribution in [1.29, 1.82) is 0 Å². The number of fused-ring (bicyclic) bond motifs is 4. The Morgan fingerprint density at radius 3 is 2.86 bits per heavy atom. The molecule has 2 aliphatic heterocycles. The maximum Gasteiger partial charge on any atom is 0.226 e. The first-order chi connectivity index (χ1) is 18.2. The standard InChI is InChI=1S/C27H26N8OS/c36-27(35-9-7-34(8-10-35)23-15-28-5-6-30-23)17-2-4-21-22(12-17)37-26-24(21)25(31-16-32-26)33-20-3-1-18-13-29-14-19(18)11-20/h1,3,5-6,11,14-17H,2,4,7-10,12-13H2,(H,31,32,33). The fraction of sp³-hybridized carbons (Fsp3) is 0.333. The minimum absolute atomic E-state index is 0.0176. The highest BCUT2D eigenvalue weighted by Gasteiger charge is 2.33. The lowest BCUT2D eigenvalue weighted by Crippen LogP contribution is -2.51. The average molecular weight is 511 g/mol. The van der Waals surface area contributed by atoms with E-state index in [0.717, 1.165) is 85.1 Å². The maximum absolute atomic E-state index is 13.5. The van der Waals surface area contributed by atoms with Crippen molar-refractivity contribution in [2.75, 3.05) is 36.4 Å². The maximum atomic E-state index is 13.5. The summed E-state index contributed by atoms with van der Waals surface area (Å²) in [5.41, 5.74) is 4.69. The number of hydrogen-bond donors (Lipinski definition) is 1. The Labute approximate surface area is 218 Å². The molecule has 1 aliphatic carbocycles. The number of nitrogens with zero attached hydrogens (tertiary/aromatic N) is 7. The summed E-state index contributed by atoms with van der Waals surface area (Å²) >= 11 is 1.70. The molecule has 10 heteroatoms. The van der Waals surface area contributed by atoms with Crippen LogP contribution >= 0.6 is 11.3 Å². The van der Waals surface area contributed by atoms with Crippen LogP contribution in [-0.4, -0.2) is 63.1 Å². The number of hydrogen-bond acceptors (Lipinski definition) is 9. The number of rotatable bonds is 4. The van der Waals surface area contributed by atoms with Gasteiger partial charge in [-0.05, 0) is 48.1 Å². The Balaban J connectivity index is 1.07. The number of carbonyl (C=O) groups excluding carboxylic acids is 1. The van der Waals surface area contributed by atoms with Gasteiger partial charge in [-0.2, -0.15) is 0 Å². The number of aryl methyl sites for hydroxylation is 1. The minimum atomic E-state index is 0.0176. The van der Waals surface area contributed by atoms with Crippen LogP contribution in [0.2, 0.25) is 0 Å². The third-order valence-electron chi connectivity index (χ3n) is 7.56. The van der Waals surface area contributed by atoms with Crippen molar-refractivity contribution in [3.8, 4) is 0 Å². The van der Waals surface area contributed by atoms with Crippen molar-refractivity contribution in [2.24, 2.45) is 10.9 Å². The molecule has 7 rings (SSSR count). The van der Waals surface area contributed by atoms with Gasteiger partial charge in [0.05, 0.1) is 18.1 Å². The van der Waals surface area contributed by atoms with E-state index in [2.05, 4.69) is 53.3 Å². The molecule has 1 saturated heterocycles. The average Bonchev–Trinajstić information content (AvgIpc) is 3.57. The molecule has 37 heavy (non-hydrogen) atoms. The van der Waals surface area contributed by atoms with Gasteiger partial charge in [0.2, 0.25) is 5.91 Å². The molecule has 0 radical (unpaired) electrons. The third-order valence-corrected chi connectivity index (χ3v) is 8.72. The summed E-state index contributed by atoms with van der Waals surface area (Å²) in [6.45, 7) is 3.75. The largest absolute Gasteiger partial charge is 0.352 e. The van der Waals surface area contributed by atoms with E-state index >= 15 is 0 Å². The number of aliphatic imine (C=N–C) groups is 1. The fourth-order valence-corrected chi connectivity index (χ4v) is 6.87. The Morgan fingerprint density at radius 1 is 1.08 bits per heavy atom. The zero-order valence-electron chi connectivity index (χ0n) is 20.3. The molecule has 1 unspecified atom stereocenters. The van der Waals surface area contributed by atoms with E-state index in [-0.39, 0.29) is 11.8 Å². The Bertz CT molecular complexity index is 1510. The molecule has 1 N–H and O–H groups in total. The van der Waals surface area contributed by atoms with Crippen LogP contribution in [0.4, 0.5) is 17.3 Å². The van der Waals surface area contributed by atoms with Crippen molar-refractivity contribution in [3.05, 3.63) is 64.7 Å². The lowest BCUT2D eigenvalue weighted by Gasteiger charge is -2.37. The molecule has 4 aromatic rings. The smallest absolute Gasteiger partial charge is 0.226 e. The number of anilines is 3. The van der Waals surface area contributed by atoms with Gasteiger partial charge < -0.3 is 15.1 Å². The summed E-state index contributed by atoms with van der Waals surface area (Å²) in [5.74, 6) is 2.00. The number of carbonyl (C=O) groups is 1. The van der Waals surface area contributed by atoms with Gasteiger partial charge >= 0.3 is 0 Å². The molecular formula is C27H26N8OS. The molecule has 0 spiro atoms. The predicted octanol–water partition coefficient (Wildman–Crippen LogP) is 3.61. The summed E-state index contributed by atoms with van der Waals surface area (Å²) in [6.07, 6.45) is 11.2. The van der Waals surface area contributed by atoms with Gasteiger partial charge in [-0.3, -0.25) is 14.8 Å². The van der Waals surface area contributed by atoms with E-state index in [1.807, 2.05) is 11.1 Å². The molecule has 5 heterocycles. The van der Waals surface area contributed by atoms with Crippen molar-refractivity contribution < 1.29 is 4.79 Å². The summed E-state index contributed by atoms with van der Waals surface area (Å²) in [4.78, 5) is 42.0. The molecule has 3 aromatic heterocycles. The van der Waals surface area contributed by atoms with Crippen LogP contribution in [0.25, 0.3) is 10.2 Å². The summed E-state index contributed by atoms with van der Waals surface area (Å²) in [5, 5.41) is 4.62. The minimum Gasteiger partial charge on any atom is -0.352 e. The predicted molar refractivity (Wildman–Crippen MR) is 145 cm³/mol. The zero-order chi connectivity index (χ0) is 24.8. The van der Waals surface area contributed by atoms with Crippen LogP contribution in [0, 0.1) is 5.92 Å². The quantitative estimate of drug-likeness (QED) is 0.448. The molecule has 9 nitrogen and oxygen atoms in total. The number of benzene rings is 1. The van der Waals surface area contributed by atoms with Crippen LogP contribution < -0.4 is 10.2 Å². The van der Waals surface area contributed by atoms with Gasteiger partial charge in [0.15, 0.2) is 0 Å². The highest BCUT2D eigenvalue weighted by atomic mass is 32.1. The lowest BCUT2D eigenvalue weighted by molar-refractivity contribution is -0.136. The van der Waals surface area contributed by atoms with Gasteiger partial charge in [-0.25, -0.2) is 15.0 Å². The first kappa shape index (κ1) is 22.3. The number of nitrogens with one attached hydrogen (secondary N) is 1. The molecule has 0 saturated carbocycles. The van der Waals surface area contributed by atoms with Gasteiger partial charge in [-0.1, -0.05) is 6.07 Å². The van der Waals surface area contributed by atoms with Crippen LogP contribution in [0.15, 0.2) is 48.1 Å². The second-order valence-electron chi connectivity index (χ2n) is 9.73. The van der Waals surface area contributed by atoms with Crippen molar-refractivity contribution in [3.63, 3.8) is 0 Å². The van der Waals surface area contributed by atoms with Crippen LogP contribution in [0.5, 0.6) is 0 Å². The van der Waals surface area contributed by atoms with Gasteiger partial charge in [0, 0.05) is 61.3 Å². The van der Waals surface area contributed by atoms with Crippen LogP contribution in [0.1, 0.15) is 28.0 Å². The molecule has 186 valence electrons. The van der Waals surface area contributed by atoms with Gasteiger partial charge in [-0.15, -0.1) is 11.3 Å². The van der Waals surface area contributed by atoms with Gasteiger partial charge in [0.1, 0.15) is 22.8 Å². The fourth-order valence-electron chi connectivity index (χ4n) is 5.60. The molecule has 1 atom stereocenters. The van der Waals surface area contributed by atoms with E-state index < -0.39 is 0 Å². The molecule has 0 bridgehead atoms. The molecule has 1 aromatic carbocycles. The van der Waals surface area contributed by atoms with E-state index in [0.29, 0.717) is 0 Å². The second kappa shape index (κ2) is 9.19. The normalized spacial score (nSPS) is 18.6. The van der Waals surface area contributed by atoms with Gasteiger partial charge in [0.25, 0.3) is 0 Å². The van der Waals surface area contributed by atoms with Crippen molar-refractivity contribution >= 4 is 51.0 Å². The zero-order valence-corrected chi connectivity index (χ0v) is 21.1. The molecule has 3 aliphatic rings. The Hall–Kier alpha value is -3.92. The number of aromatic nitrogens is 4. The summed E-state index contributed by atoms with van der Waals surface area (Å²) < 4.78 is 0. The Morgan fingerprint density at radius 2 is 2.00 bits per heavy atom. The van der Waals surface area contributed by atoms with Crippen LogP contribution in [-0.2, 0) is 24.2 Å². The van der Waals surface area contributed by atoms with E-state index in [9.17, 15) is 4.79 Å². The first-order valence-electron chi connectivity index (χ1n) is 12.7. The second-order valence-corrected chi connectivity index (χ2v) is 10.8. The van der Waals surface area contributed by atoms with Crippen molar-refractivity contribution in [2.45, 2.75) is 25.8 Å². The Kier molecular flexibility index (Phi) is 5.53. The van der Waals surface area contributed by atoms with E-state index in [1.54, 1.807) is 36.3 Å². The van der Waals surface area contributed by atoms with Crippen molar-refractivity contribution in [1.82, 2.24) is 24.8 Å². The molecule has 1 fully saturated rings. The van der Waals surface area contributed by atoms with E-state index in [4.69, 9.17) is 0 Å². The van der Waals surface area contributed by atoms with E-state index in [1.165, 1.54) is 16.0 Å². The molecule has 1 amide bonds. The highest BCUT2D eigenvalue weighted by Crippen LogP contribution is 2.41. The number of piperazine rings is 1. The SMILES string of the molecule is O=C(C1CCc2c(sc3ncnc(Nc4ccc5c(c4)C=NC5)c23)C1)N1CCN(c2cnccn2)CC1.